The van der Waals surface area contributed by atoms with Gasteiger partial charge in [-0.3, -0.25) is 0 Å². The number of benzene rings is 1. The van der Waals surface area contributed by atoms with Crippen LogP contribution in [0.3, 0.4) is 0 Å². The van der Waals surface area contributed by atoms with Crippen molar-refractivity contribution in [2.75, 3.05) is 20.0 Å². The lowest BCUT2D eigenvalue weighted by Gasteiger charge is -2.13. The SMILES string of the molecule is COc1cc(S(=O)(=O)C/C(C)=C/Cl)cc(C(=O)O)c1OC. The van der Waals surface area contributed by atoms with Gasteiger partial charge in [-0.1, -0.05) is 11.6 Å². The summed E-state index contributed by atoms with van der Waals surface area (Å²) in [5.74, 6) is -1.63. The van der Waals surface area contributed by atoms with Gasteiger partial charge in [0, 0.05) is 11.6 Å². The second-order valence-electron chi connectivity index (χ2n) is 4.23. The number of methoxy groups -OCH3 is 2. The molecule has 0 aliphatic carbocycles. The van der Waals surface area contributed by atoms with Crippen molar-refractivity contribution in [3.8, 4) is 11.5 Å². The molecule has 1 N–H and O–H groups in total. The van der Waals surface area contributed by atoms with E-state index in [0.29, 0.717) is 5.57 Å². The Bertz CT molecular complexity index is 678. The summed E-state index contributed by atoms with van der Waals surface area (Å²) in [6.45, 7) is 1.56. The second kappa shape index (κ2) is 6.82. The lowest BCUT2D eigenvalue weighted by Crippen LogP contribution is -2.11. The normalized spacial score (nSPS) is 12.1. The van der Waals surface area contributed by atoms with Crippen molar-refractivity contribution in [3.63, 3.8) is 0 Å². The molecule has 0 bridgehead atoms. The van der Waals surface area contributed by atoms with Gasteiger partial charge in [0.1, 0.15) is 5.56 Å². The zero-order valence-electron chi connectivity index (χ0n) is 11.7. The minimum atomic E-state index is -3.74. The average Bonchev–Trinajstić information content (AvgIpc) is 2.44. The number of carboxylic acids is 1. The molecule has 21 heavy (non-hydrogen) atoms. The molecule has 0 saturated carbocycles. The third kappa shape index (κ3) is 3.89. The van der Waals surface area contributed by atoms with Crippen molar-refractivity contribution in [2.24, 2.45) is 0 Å². The second-order valence-corrected chi connectivity index (χ2v) is 6.43. The topological polar surface area (TPSA) is 89.9 Å². The summed E-state index contributed by atoms with van der Waals surface area (Å²) in [5.41, 5.74) is 1.31. The van der Waals surface area contributed by atoms with Crippen LogP contribution in [-0.2, 0) is 9.84 Å². The predicted molar refractivity (Wildman–Crippen MR) is 78.2 cm³/mol. The van der Waals surface area contributed by atoms with E-state index in [4.69, 9.17) is 21.1 Å². The molecule has 0 aromatic heterocycles. The first-order chi connectivity index (χ1) is 9.76. The predicted octanol–water partition coefficient (Wildman–Crippen LogP) is 2.32. The van der Waals surface area contributed by atoms with E-state index in [1.165, 1.54) is 20.3 Å². The van der Waals surface area contributed by atoms with Crippen LogP contribution in [0.1, 0.15) is 17.3 Å². The number of sulfone groups is 1. The highest BCUT2D eigenvalue weighted by molar-refractivity contribution is 7.91. The Kier molecular flexibility index (Phi) is 5.62. The highest BCUT2D eigenvalue weighted by Gasteiger charge is 2.24. The minimum absolute atomic E-state index is 0.0310. The van der Waals surface area contributed by atoms with Gasteiger partial charge < -0.3 is 14.6 Å². The summed E-state index contributed by atoms with van der Waals surface area (Å²) in [6.07, 6.45) is 0. The Hall–Kier alpha value is -1.73. The fourth-order valence-electron chi connectivity index (χ4n) is 1.69. The number of rotatable bonds is 6. The molecular formula is C13H15ClO6S. The van der Waals surface area contributed by atoms with E-state index >= 15 is 0 Å². The van der Waals surface area contributed by atoms with Crippen LogP contribution in [-0.4, -0.2) is 39.5 Å². The number of hydrogen-bond donors (Lipinski definition) is 1. The monoisotopic (exact) mass is 334 g/mol. The van der Waals surface area contributed by atoms with Crippen LogP contribution in [0.15, 0.2) is 28.1 Å². The van der Waals surface area contributed by atoms with Crippen molar-refractivity contribution in [3.05, 3.63) is 28.8 Å². The molecule has 0 spiro atoms. The van der Waals surface area contributed by atoms with Gasteiger partial charge in [0.25, 0.3) is 0 Å². The number of halogens is 1. The molecule has 1 aromatic carbocycles. The summed E-state index contributed by atoms with van der Waals surface area (Å²) in [6, 6.07) is 2.27. The maximum Gasteiger partial charge on any atom is 0.339 e. The van der Waals surface area contributed by atoms with Gasteiger partial charge in [-0.15, -0.1) is 0 Å². The summed E-state index contributed by atoms with van der Waals surface area (Å²) in [5, 5.41) is 9.17. The molecule has 0 aliphatic rings. The number of hydrogen-bond acceptors (Lipinski definition) is 5. The fraction of sp³-hybridized carbons (Fsp3) is 0.308. The minimum Gasteiger partial charge on any atom is -0.493 e. The third-order valence-corrected chi connectivity index (χ3v) is 4.81. The Morgan fingerprint density at radius 1 is 1.33 bits per heavy atom. The first-order valence-electron chi connectivity index (χ1n) is 5.74. The Morgan fingerprint density at radius 2 is 1.95 bits per heavy atom. The van der Waals surface area contributed by atoms with E-state index in [1.807, 2.05) is 0 Å². The summed E-state index contributed by atoms with van der Waals surface area (Å²) in [4.78, 5) is 11.1. The first kappa shape index (κ1) is 17.3. The van der Waals surface area contributed by atoms with E-state index in [-0.39, 0.29) is 27.7 Å². The highest BCUT2D eigenvalue weighted by Crippen LogP contribution is 2.34. The Labute approximate surface area is 127 Å². The summed E-state index contributed by atoms with van der Waals surface area (Å²) < 4.78 is 34.5. The quantitative estimate of drug-likeness (QED) is 0.858. The third-order valence-electron chi connectivity index (χ3n) is 2.65. The fourth-order valence-corrected chi connectivity index (χ4v) is 3.29. The molecule has 0 aliphatic heterocycles. The molecule has 0 unspecified atom stereocenters. The van der Waals surface area contributed by atoms with Gasteiger partial charge in [0.15, 0.2) is 21.3 Å². The Morgan fingerprint density at radius 3 is 2.38 bits per heavy atom. The maximum absolute atomic E-state index is 12.3. The molecule has 0 amide bonds. The van der Waals surface area contributed by atoms with Crippen LogP contribution in [0.25, 0.3) is 0 Å². The van der Waals surface area contributed by atoms with E-state index in [1.54, 1.807) is 6.92 Å². The summed E-state index contributed by atoms with van der Waals surface area (Å²) in [7, 11) is -1.16. The molecule has 0 atom stereocenters. The smallest absolute Gasteiger partial charge is 0.339 e. The standard InChI is InChI=1S/C13H15ClO6S/c1-8(6-14)7-21(17,18)9-4-10(13(15)16)12(20-3)11(5-9)19-2/h4-6H,7H2,1-3H3,(H,15,16)/b8-6+. The highest BCUT2D eigenvalue weighted by atomic mass is 35.5. The Balaban J connectivity index is 3.52. The van der Waals surface area contributed by atoms with Crippen LogP contribution in [0.5, 0.6) is 11.5 Å². The largest absolute Gasteiger partial charge is 0.493 e. The van der Waals surface area contributed by atoms with Gasteiger partial charge in [0.2, 0.25) is 0 Å². The molecule has 0 radical (unpaired) electrons. The zero-order chi connectivity index (χ0) is 16.2. The summed E-state index contributed by atoms with van der Waals surface area (Å²) >= 11 is 5.47. The lowest BCUT2D eigenvalue weighted by atomic mass is 10.2. The van der Waals surface area contributed by atoms with Crippen molar-refractivity contribution in [2.45, 2.75) is 11.8 Å². The molecule has 0 fully saturated rings. The molecule has 0 saturated heterocycles. The molecule has 0 heterocycles. The molecule has 8 heteroatoms. The first-order valence-corrected chi connectivity index (χ1v) is 7.83. The number of ether oxygens (including phenoxy) is 2. The number of carbonyl (C=O) groups is 1. The van der Waals surface area contributed by atoms with Crippen molar-refractivity contribution < 1.29 is 27.8 Å². The van der Waals surface area contributed by atoms with Crippen molar-refractivity contribution in [1.82, 2.24) is 0 Å². The van der Waals surface area contributed by atoms with Crippen molar-refractivity contribution in [1.29, 1.82) is 0 Å². The van der Waals surface area contributed by atoms with Gasteiger partial charge in [0.05, 0.1) is 24.9 Å². The molecule has 116 valence electrons. The van der Waals surface area contributed by atoms with Crippen LogP contribution in [0.2, 0.25) is 0 Å². The van der Waals surface area contributed by atoms with E-state index in [2.05, 4.69) is 0 Å². The molecule has 1 aromatic rings. The van der Waals surface area contributed by atoms with Crippen molar-refractivity contribution >= 4 is 27.4 Å². The van der Waals surface area contributed by atoms with Crippen LogP contribution >= 0.6 is 11.6 Å². The van der Waals surface area contributed by atoms with Crippen LogP contribution in [0, 0.1) is 0 Å². The van der Waals surface area contributed by atoms with E-state index < -0.39 is 15.8 Å². The number of aromatic carboxylic acids is 1. The lowest BCUT2D eigenvalue weighted by molar-refractivity contribution is 0.0692. The molecule has 6 nitrogen and oxygen atoms in total. The van der Waals surface area contributed by atoms with E-state index in [9.17, 15) is 18.3 Å². The van der Waals surface area contributed by atoms with Gasteiger partial charge in [-0.05, 0) is 18.6 Å². The average molecular weight is 335 g/mol. The molecule has 1 rings (SSSR count). The number of carboxylic acid groups (broad SMARTS) is 1. The zero-order valence-corrected chi connectivity index (χ0v) is 13.3. The van der Waals surface area contributed by atoms with Gasteiger partial charge in [-0.25, -0.2) is 13.2 Å². The van der Waals surface area contributed by atoms with Gasteiger partial charge in [-0.2, -0.15) is 0 Å². The van der Waals surface area contributed by atoms with Gasteiger partial charge >= 0.3 is 5.97 Å². The van der Waals surface area contributed by atoms with Crippen LogP contribution < -0.4 is 9.47 Å². The van der Waals surface area contributed by atoms with Crippen LogP contribution in [0.4, 0.5) is 0 Å². The maximum atomic E-state index is 12.3. The van der Waals surface area contributed by atoms with E-state index in [0.717, 1.165) is 11.6 Å². The molecular weight excluding hydrogens is 320 g/mol.